The summed E-state index contributed by atoms with van der Waals surface area (Å²) < 4.78 is 1.04. The molecule has 1 atom stereocenters. The van der Waals surface area contributed by atoms with Crippen molar-refractivity contribution in [2.24, 2.45) is 0 Å². The number of carbonyl (C=O) groups is 1. The van der Waals surface area contributed by atoms with Crippen LogP contribution in [0.25, 0.3) is 0 Å². The van der Waals surface area contributed by atoms with Gasteiger partial charge in [-0.15, -0.1) is 0 Å². The number of hydrogen-bond acceptors (Lipinski definition) is 2. The monoisotopic (exact) mass is 296 g/mol. The lowest BCUT2D eigenvalue weighted by atomic mass is 10.1. The topological polar surface area (TPSA) is 32.3 Å². The highest BCUT2D eigenvalue weighted by Gasteiger charge is 2.23. The molecule has 0 saturated carbocycles. The van der Waals surface area contributed by atoms with Crippen LogP contribution in [0.2, 0.25) is 0 Å². The van der Waals surface area contributed by atoms with Gasteiger partial charge in [0.05, 0.1) is 0 Å². The maximum atomic E-state index is 12.4. The molecule has 92 valence electrons. The summed E-state index contributed by atoms with van der Waals surface area (Å²) in [6.07, 6.45) is 0. The molecule has 1 aromatic carbocycles. The highest BCUT2D eigenvalue weighted by molar-refractivity contribution is 9.10. The van der Waals surface area contributed by atoms with Crippen LogP contribution in [0.3, 0.4) is 0 Å². The van der Waals surface area contributed by atoms with Crippen LogP contribution >= 0.6 is 15.9 Å². The second-order valence-corrected chi connectivity index (χ2v) is 5.37. The van der Waals surface area contributed by atoms with E-state index in [-0.39, 0.29) is 11.9 Å². The Kier molecular flexibility index (Phi) is 3.84. The van der Waals surface area contributed by atoms with Crippen molar-refractivity contribution in [2.45, 2.75) is 19.9 Å². The lowest BCUT2D eigenvalue weighted by Gasteiger charge is -2.34. The first-order valence-corrected chi connectivity index (χ1v) is 6.66. The highest BCUT2D eigenvalue weighted by Crippen LogP contribution is 2.19. The van der Waals surface area contributed by atoms with Gasteiger partial charge in [0.25, 0.3) is 5.91 Å². The minimum Gasteiger partial charge on any atom is -0.333 e. The van der Waals surface area contributed by atoms with E-state index in [9.17, 15) is 4.79 Å². The van der Waals surface area contributed by atoms with Crippen LogP contribution in [0.1, 0.15) is 22.8 Å². The van der Waals surface area contributed by atoms with E-state index in [1.165, 1.54) is 0 Å². The highest BCUT2D eigenvalue weighted by atomic mass is 79.9. The number of hydrogen-bond donors (Lipinski definition) is 1. The molecule has 0 aliphatic carbocycles. The van der Waals surface area contributed by atoms with Gasteiger partial charge in [0.2, 0.25) is 0 Å². The van der Waals surface area contributed by atoms with Crippen LogP contribution < -0.4 is 5.32 Å². The summed E-state index contributed by atoms with van der Waals surface area (Å²) in [5.74, 6) is 0.134. The number of carbonyl (C=O) groups excluding carboxylic acids is 1. The Morgan fingerprint density at radius 2 is 2.29 bits per heavy atom. The molecule has 0 spiro atoms. The Hall–Kier alpha value is -0.870. The molecule has 1 amide bonds. The van der Waals surface area contributed by atoms with Gasteiger partial charge in [-0.3, -0.25) is 4.79 Å². The molecule has 17 heavy (non-hydrogen) atoms. The zero-order valence-electron chi connectivity index (χ0n) is 10.2. The van der Waals surface area contributed by atoms with Gasteiger partial charge in [-0.2, -0.15) is 0 Å². The summed E-state index contributed by atoms with van der Waals surface area (Å²) in [4.78, 5) is 14.3. The number of halogens is 1. The summed E-state index contributed by atoms with van der Waals surface area (Å²) in [6, 6.07) is 6.03. The molecule has 0 bridgehead atoms. The first-order valence-electron chi connectivity index (χ1n) is 5.87. The Morgan fingerprint density at radius 1 is 1.53 bits per heavy atom. The SMILES string of the molecule is Cc1cc(C(=O)N2CCNC[C@@H]2C)ccc1Br. The second kappa shape index (κ2) is 5.19. The molecule has 4 heteroatoms. The number of piperazine rings is 1. The lowest BCUT2D eigenvalue weighted by molar-refractivity contribution is 0.0655. The molecule has 3 nitrogen and oxygen atoms in total. The normalized spacial score (nSPS) is 20.4. The molecule has 0 radical (unpaired) electrons. The summed E-state index contributed by atoms with van der Waals surface area (Å²) in [5.41, 5.74) is 1.87. The Morgan fingerprint density at radius 3 is 2.94 bits per heavy atom. The van der Waals surface area contributed by atoms with Gasteiger partial charge < -0.3 is 10.2 Å². The van der Waals surface area contributed by atoms with Gasteiger partial charge in [-0.1, -0.05) is 15.9 Å². The Balaban J connectivity index is 2.21. The van der Waals surface area contributed by atoms with E-state index in [1.807, 2.05) is 30.0 Å². The standard InChI is InChI=1S/C13H17BrN2O/c1-9-7-11(3-4-12(9)14)13(17)16-6-5-15-8-10(16)2/h3-4,7,10,15H,5-6,8H2,1-2H3/t10-/m0/s1. The molecular weight excluding hydrogens is 280 g/mol. The average Bonchev–Trinajstić information content (AvgIpc) is 2.32. The Bertz CT molecular complexity index is 433. The molecule has 1 heterocycles. The average molecular weight is 297 g/mol. The molecule has 1 saturated heterocycles. The van der Waals surface area contributed by atoms with Gasteiger partial charge in [0.1, 0.15) is 0 Å². The minimum absolute atomic E-state index is 0.134. The quantitative estimate of drug-likeness (QED) is 0.862. The van der Waals surface area contributed by atoms with E-state index in [4.69, 9.17) is 0 Å². The zero-order valence-corrected chi connectivity index (χ0v) is 11.8. The van der Waals surface area contributed by atoms with Crippen LogP contribution in [-0.2, 0) is 0 Å². The van der Waals surface area contributed by atoms with Crippen LogP contribution in [0.15, 0.2) is 22.7 Å². The second-order valence-electron chi connectivity index (χ2n) is 4.52. The molecular formula is C13H17BrN2O. The summed E-state index contributed by atoms with van der Waals surface area (Å²) in [7, 11) is 0. The number of nitrogens with one attached hydrogen (secondary N) is 1. The predicted molar refractivity (Wildman–Crippen MR) is 72.2 cm³/mol. The third-order valence-corrected chi connectivity index (χ3v) is 4.06. The van der Waals surface area contributed by atoms with E-state index in [0.29, 0.717) is 0 Å². The van der Waals surface area contributed by atoms with Gasteiger partial charge in [-0.05, 0) is 37.6 Å². The van der Waals surface area contributed by atoms with Crippen LogP contribution in [0, 0.1) is 6.92 Å². The molecule has 1 fully saturated rings. The summed E-state index contributed by atoms with van der Waals surface area (Å²) in [6.45, 7) is 6.62. The predicted octanol–water partition coefficient (Wildman–Crippen LogP) is 2.19. The van der Waals surface area contributed by atoms with Crippen molar-refractivity contribution < 1.29 is 4.79 Å². The molecule has 2 rings (SSSR count). The number of amides is 1. The summed E-state index contributed by atoms with van der Waals surface area (Å²) in [5, 5.41) is 3.29. The largest absolute Gasteiger partial charge is 0.333 e. The fraction of sp³-hybridized carbons (Fsp3) is 0.462. The molecule has 1 aliphatic rings. The van der Waals surface area contributed by atoms with Crippen LogP contribution in [0.4, 0.5) is 0 Å². The molecule has 1 N–H and O–H groups in total. The van der Waals surface area contributed by atoms with Crippen molar-refractivity contribution >= 4 is 21.8 Å². The van der Waals surface area contributed by atoms with Gasteiger partial charge in [-0.25, -0.2) is 0 Å². The maximum Gasteiger partial charge on any atom is 0.254 e. The van der Waals surface area contributed by atoms with E-state index in [1.54, 1.807) is 0 Å². The number of benzene rings is 1. The Labute approximate surface area is 110 Å². The van der Waals surface area contributed by atoms with Crippen molar-refractivity contribution in [3.8, 4) is 0 Å². The fourth-order valence-electron chi connectivity index (χ4n) is 2.09. The van der Waals surface area contributed by atoms with Crippen LogP contribution in [-0.4, -0.2) is 36.5 Å². The maximum absolute atomic E-state index is 12.4. The van der Waals surface area contributed by atoms with Crippen molar-refractivity contribution in [1.82, 2.24) is 10.2 Å². The van der Waals surface area contributed by atoms with Crippen LogP contribution in [0.5, 0.6) is 0 Å². The minimum atomic E-state index is 0.134. The van der Waals surface area contributed by atoms with Gasteiger partial charge in [0, 0.05) is 35.7 Å². The van der Waals surface area contributed by atoms with E-state index in [0.717, 1.165) is 35.2 Å². The van der Waals surface area contributed by atoms with E-state index < -0.39 is 0 Å². The number of rotatable bonds is 1. The first-order chi connectivity index (χ1) is 8.09. The third-order valence-electron chi connectivity index (χ3n) is 3.17. The number of aryl methyl sites for hydroxylation is 1. The smallest absolute Gasteiger partial charge is 0.254 e. The van der Waals surface area contributed by atoms with E-state index >= 15 is 0 Å². The molecule has 0 unspecified atom stereocenters. The molecule has 1 aliphatic heterocycles. The summed E-state index contributed by atoms with van der Waals surface area (Å²) >= 11 is 3.45. The van der Waals surface area contributed by atoms with Crippen molar-refractivity contribution in [3.63, 3.8) is 0 Å². The first kappa shape index (κ1) is 12.6. The van der Waals surface area contributed by atoms with Crippen molar-refractivity contribution in [1.29, 1.82) is 0 Å². The fourth-order valence-corrected chi connectivity index (χ4v) is 2.33. The van der Waals surface area contributed by atoms with Crippen molar-refractivity contribution in [2.75, 3.05) is 19.6 Å². The number of nitrogens with zero attached hydrogens (tertiary/aromatic N) is 1. The molecule has 1 aromatic rings. The van der Waals surface area contributed by atoms with E-state index in [2.05, 4.69) is 28.2 Å². The van der Waals surface area contributed by atoms with Crippen molar-refractivity contribution in [3.05, 3.63) is 33.8 Å². The van der Waals surface area contributed by atoms with Gasteiger partial charge >= 0.3 is 0 Å². The van der Waals surface area contributed by atoms with Gasteiger partial charge in [0.15, 0.2) is 0 Å². The zero-order chi connectivity index (χ0) is 12.4. The lowest BCUT2D eigenvalue weighted by Crippen LogP contribution is -2.52. The molecule has 0 aromatic heterocycles. The third kappa shape index (κ3) is 2.69.